The smallest absolute Gasteiger partial charge is 0.122 e. The first-order valence-electron chi connectivity index (χ1n) is 17.9. The molecule has 2 aliphatic rings. The highest BCUT2D eigenvalue weighted by Gasteiger charge is 2.49. The molecule has 0 amide bonds. The maximum absolute atomic E-state index is 6.74. The van der Waals surface area contributed by atoms with E-state index in [9.17, 15) is 0 Å². The van der Waals surface area contributed by atoms with Crippen molar-refractivity contribution in [2.75, 3.05) is 4.90 Å². The van der Waals surface area contributed by atoms with Gasteiger partial charge in [0.25, 0.3) is 0 Å². The van der Waals surface area contributed by atoms with E-state index in [1.54, 1.807) is 0 Å². The van der Waals surface area contributed by atoms with Crippen molar-refractivity contribution in [1.29, 1.82) is 0 Å². The van der Waals surface area contributed by atoms with E-state index in [1.165, 1.54) is 65.9 Å². The highest BCUT2D eigenvalue weighted by atomic mass is 28.3. The molecule has 2 nitrogen and oxygen atoms in total. The van der Waals surface area contributed by atoms with Crippen LogP contribution in [0.15, 0.2) is 140 Å². The zero-order valence-corrected chi connectivity index (χ0v) is 32.1. The number of hydrogen-bond donors (Lipinski definition) is 1. The Balaban J connectivity index is 1.55. The van der Waals surface area contributed by atoms with Crippen LogP contribution in [0.4, 0.5) is 11.4 Å². The molecule has 0 fully saturated rings. The van der Waals surface area contributed by atoms with Crippen LogP contribution < -0.4 is 21.0 Å². The molecular formula is C46H46N2Si2. The molecule has 6 aromatic carbocycles. The molecule has 248 valence electrons. The molecule has 0 saturated heterocycles. The maximum atomic E-state index is 6.74. The Kier molecular flexibility index (Phi) is 7.66. The quantitative estimate of drug-likeness (QED) is 0.170. The van der Waals surface area contributed by atoms with Crippen LogP contribution in [0.5, 0.6) is 0 Å². The topological polar surface area (TPSA) is 29.3 Å². The number of benzene rings is 6. The number of nitrogens with two attached hydrogens (primary N) is 1. The summed E-state index contributed by atoms with van der Waals surface area (Å²) < 4.78 is 0. The van der Waals surface area contributed by atoms with E-state index in [-0.39, 0.29) is 0 Å². The van der Waals surface area contributed by atoms with Crippen molar-refractivity contribution in [2.24, 2.45) is 5.73 Å². The number of rotatable bonds is 7. The van der Waals surface area contributed by atoms with Crippen molar-refractivity contribution < 1.29 is 0 Å². The van der Waals surface area contributed by atoms with E-state index in [1.807, 2.05) is 0 Å². The van der Waals surface area contributed by atoms with Crippen LogP contribution in [0.3, 0.4) is 0 Å². The Morgan fingerprint density at radius 2 is 1.14 bits per heavy atom. The second kappa shape index (κ2) is 11.9. The second-order valence-electron chi connectivity index (χ2n) is 16.0. The van der Waals surface area contributed by atoms with Gasteiger partial charge in [0.2, 0.25) is 0 Å². The summed E-state index contributed by atoms with van der Waals surface area (Å²) in [4.78, 5) is 2.64. The summed E-state index contributed by atoms with van der Waals surface area (Å²) in [7, 11) is -3.07. The molecule has 0 saturated carbocycles. The zero-order chi connectivity index (χ0) is 34.8. The van der Waals surface area contributed by atoms with Gasteiger partial charge in [0.1, 0.15) is 5.54 Å². The summed E-state index contributed by atoms with van der Waals surface area (Å²) in [6.07, 6.45) is 5.48. The van der Waals surface area contributed by atoms with Gasteiger partial charge in [-0.1, -0.05) is 165 Å². The minimum absolute atomic E-state index is 0.718. The number of anilines is 2. The average molecular weight is 683 g/mol. The van der Waals surface area contributed by atoms with Gasteiger partial charge in [-0.05, 0) is 80.9 Å². The minimum atomic E-state index is -1.53. The predicted octanol–water partition coefficient (Wildman–Crippen LogP) is 10.4. The molecule has 0 aromatic heterocycles. The van der Waals surface area contributed by atoms with Gasteiger partial charge in [-0.2, -0.15) is 0 Å². The molecule has 0 aliphatic heterocycles. The highest BCUT2D eigenvalue weighted by Crippen LogP contribution is 2.57. The summed E-state index contributed by atoms with van der Waals surface area (Å²) in [6, 6.07) is 50.5. The van der Waals surface area contributed by atoms with Crippen LogP contribution in [-0.4, -0.2) is 16.1 Å². The van der Waals surface area contributed by atoms with Gasteiger partial charge in [0.05, 0.1) is 16.1 Å². The van der Waals surface area contributed by atoms with E-state index in [2.05, 4.69) is 190 Å². The summed E-state index contributed by atoms with van der Waals surface area (Å²) in [6.45, 7) is 14.6. The molecule has 4 heteroatoms. The molecule has 0 radical (unpaired) electrons. The highest BCUT2D eigenvalue weighted by molar-refractivity contribution is 6.89. The molecule has 0 spiro atoms. The summed E-state index contributed by atoms with van der Waals surface area (Å²) in [5.41, 5.74) is 17.9. The predicted molar refractivity (Wildman–Crippen MR) is 222 cm³/mol. The van der Waals surface area contributed by atoms with Crippen molar-refractivity contribution >= 4 is 66.0 Å². The molecule has 0 bridgehead atoms. The van der Waals surface area contributed by atoms with Crippen LogP contribution >= 0.6 is 0 Å². The van der Waals surface area contributed by atoms with Gasteiger partial charge in [-0.25, -0.2) is 0 Å². The third kappa shape index (κ3) is 5.12. The van der Waals surface area contributed by atoms with Crippen LogP contribution in [0.25, 0.3) is 28.1 Å². The molecule has 6 aromatic rings. The van der Waals surface area contributed by atoms with Crippen molar-refractivity contribution in [3.05, 3.63) is 173 Å². The first kappa shape index (κ1) is 32.3. The Bertz CT molecular complexity index is 2230. The summed E-state index contributed by atoms with van der Waals surface area (Å²) in [5.74, 6) is 0. The van der Waals surface area contributed by atoms with Crippen LogP contribution in [-0.2, 0) is 12.0 Å². The van der Waals surface area contributed by atoms with E-state index in [0.29, 0.717) is 0 Å². The third-order valence-electron chi connectivity index (χ3n) is 10.8. The summed E-state index contributed by atoms with van der Waals surface area (Å²) in [5, 5.41) is 5.49. The number of allylic oxidation sites excluding steroid dienone is 1. The Morgan fingerprint density at radius 3 is 1.70 bits per heavy atom. The molecule has 2 aliphatic carbocycles. The standard InChI is InChI=1S/C46H46N2Si2/c1-49(2,3)38-24-20-36(21-25-38)48(37-22-26-39(27-23-37)50(4,5)6)46(35-15-11-8-12-16-35)41-29-18-33-19-30-43(47)40-28-17-34(45(41)44(33)40)31-42(46)32-13-9-7-10-14-32/h7-18,20-31H,19,47H2,1-6H3. The van der Waals surface area contributed by atoms with Crippen LogP contribution in [0, 0.1) is 0 Å². The number of hydrogen-bond acceptors (Lipinski definition) is 2. The molecular weight excluding hydrogens is 637 g/mol. The van der Waals surface area contributed by atoms with E-state index in [0.717, 1.165) is 17.7 Å². The molecule has 8 rings (SSSR count). The van der Waals surface area contributed by atoms with Crippen LogP contribution in [0.1, 0.15) is 33.4 Å². The minimum Gasteiger partial charge on any atom is -0.398 e. The van der Waals surface area contributed by atoms with Gasteiger partial charge < -0.3 is 10.6 Å². The lowest BCUT2D eigenvalue weighted by atomic mass is 9.66. The second-order valence-corrected chi connectivity index (χ2v) is 26.2. The lowest BCUT2D eigenvalue weighted by molar-refractivity contribution is 0.677. The lowest BCUT2D eigenvalue weighted by Crippen LogP contribution is -2.47. The molecule has 1 unspecified atom stereocenters. The van der Waals surface area contributed by atoms with Gasteiger partial charge >= 0.3 is 0 Å². The Hall–Kier alpha value is -4.91. The molecule has 1 atom stereocenters. The Morgan fingerprint density at radius 1 is 0.580 bits per heavy atom. The van der Waals surface area contributed by atoms with E-state index < -0.39 is 21.7 Å². The fraction of sp³-hybridized carbons (Fsp3) is 0.174. The average Bonchev–Trinajstić information content (AvgIpc) is 3.12. The molecule has 0 heterocycles. The van der Waals surface area contributed by atoms with Gasteiger partial charge in [0, 0.05) is 22.6 Å². The summed E-state index contributed by atoms with van der Waals surface area (Å²) >= 11 is 0. The fourth-order valence-corrected chi connectivity index (χ4v) is 10.5. The maximum Gasteiger partial charge on any atom is 0.122 e. The van der Waals surface area contributed by atoms with E-state index in [4.69, 9.17) is 5.73 Å². The molecule has 50 heavy (non-hydrogen) atoms. The first-order valence-corrected chi connectivity index (χ1v) is 24.9. The van der Waals surface area contributed by atoms with Crippen molar-refractivity contribution in [3.8, 4) is 0 Å². The van der Waals surface area contributed by atoms with Gasteiger partial charge in [-0.15, -0.1) is 0 Å². The fourth-order valence-electron chi connectivity index (χ4n) is 8.19. The molecule has 2 N–H and O–H groups in total. The van der Waals surface area contributed by atoms with Crippen molar-refractivity contribution in [1.82, 2.24) is 0 Å². The first-order chi connectivity index (χ1) is 24.0. The van der Waals surface area contributed by atoms with Crippen molar-refractivity contribution in [3.63, 3.8) is 0 Å². The Labute approximate surface area is 299 Å². The zero-order valence-electron chi connectivity index (χ0n) is 30.1. The van der Waals surface area contributed by atoms with Crippen molar-refractivity contribution in [2.45, 2.75) is 51.2 Å². The number of nitrogens with zero attached hydrogens (tertiary/aromatic N) is 1. The largest absolute Gasteiger partial charge is 0.398 e. The lowest BCUT2D eigenvalue weighted by Gasteiger charge is -2.50. The normalized spacial score (nSPS) is 16.9. The third-order valence-corrected chi connectivity index (χ3v) is 14.9. The van der Waals surface area contributed by atoms with Crippen LogP contribution in [0.2, 0.25) is 39.3 Å². The van der Waals surface area contributed by atoms with Gasteiger partial charge in [0.15, 0.2) is 0 Å². The van der Waals surface area contributed by atoms with Gasteiger partial charge in [-0.3, -0.25) is 0 Å². The van der Waals surface area contributed by atoms with E-state index >= 15 is 0 Å². The SMILES string of the molecule is C[Si](C)(C)c1ccc(N(c2ccc([Si](C)(C)C)cc2)C2(c3ccccc3)C(c3ccccc3)=Cc3ccc4c5c(ccc2c35)CC=C4N)cc1. The monoisotopic (exact) mass is 682 g/mol.